The summed E-state index contributed by atoms with van der Waals surface area (Å²) in [5.41, 5.74) is 0. The Labute approximate surface area is 65.8 Å². The number of allylic oxidation sites excluding steroid dienone is 3. The molecule has 2 heteroatoms. The molecule has 1 nitrogen and oxygen atoms in total. The normalized spacial score (nSPS) is 31.0. The number of hydrogen-bond donors (Lipinski definition) is 1. The third-order valence-electron chi connectivity index (χ3n) is 1.78. The van der Waals surface area contributed by atoms with Crippen molar-refractivity contribution in [3.63, 3.8) is 0 Å². The monoisotopic (exact) mass is 156 g/mol. The van der Waals surface area contributed by atoms with E-state index < -0.39 is 0 Å². The molecule has 0 saturated carbocycles. The third-order valence-corrected chi connectivity index (χ3v) is 3.03. The summed E-state index contributed by atoms with van der Waals surface area (Å²) < 4.78 is -0.0330. The molecule has 0 aromatic carbocycles. The molecule has 0 aliphatic heterocycles. The molecule has 1 aliphatic carbocycles. The highest BCUT2D eigenvalue weighted by molar-refractivity contribution is 8.00. The van der Waals surface area contributed by atoms with E-state index in [-0.39, 0.29) is 11.4 Å². The predicted molar refractivity (Wildman–Crippen MR) is 46.2 cm³/mol. The molecule has 0 bridgehead atoms. The van der Waals surface area contributed by atoms with Gasteiger partial charge in [0.25, 0.3) is 0 Å². The number of rotatable bonds is 2. The number of thioether (sulfide) groups is 1. The molecule has 1 unspecified atom stereocenters. The highest BCUT2D eigenvalue weighted by Crippen LogP contribution is 2.30. The average molecular weight is 156 g/mol. The van der Waals surface area contributed by atoms with Crippen LogP contribution in [-0.4, -0.2) is 22.7 Å². The zero-order valence-corrected chi connectivity index (χ0v) is 6.90. The van der Waals surface area contributed by atoms with Crippen LogP contribution in [0.5, 0.6) is 0 Å². The van der Waals surface area contributed by atoms with E-state index >= 15 is 0 Å². The summed E-state index contributed by atoms with van der Waals surface area (Å²) in [6.45, 7) is 0.231. The maximum atomic E-state index is 9.04. The quantitative estimate of drug-likeness (QED) is 0.655. The van der Waals surface area contributed by atoms with Gasteiger partial charge in [0.1, 0.15) is 0 Å². The van der Waals surface area contributed by atoms with Crippen molar-refractivity contribution in [2.24, 2.45) is 0 Å². The van der Waals surface area contributed by atoms with Gasteiger partial charge in [0.2, 0.25) is 0 Å². The molecule has 0 fully saturated rings. The Morgan fingerprint density at radius 3 is 2.70 bits per heavy atom. The lowest BCUT2D eigenvalue weighted by Gasteiger charge is -2.26. The van der Waals surface area contributed by atoms with Crippen molar-refractivity contribution in [2.75, 3.05) is 12.9 Å². The van der Waals surface area contributed by atoms with E-state index in [2.05, 4.69) is 12.2 Å². The fraction of sp³-hybridized carbons (Fsp3) is 0.500. The fourth-order valence-corrected chi connectivity index (χ4v) is 1.58. The zero-order chi connectivity index (χ0) is 7.45. The Morgan fingerprint density at radius 2 is 2.40 bits per heavy atom. The van der Waals surface area contributed by atoms with E-state index in [0.29, 0.717) is 0 Å². The van der Waals surface area contributed by atoms with Gasteiger partial charge in [-0.3, -0.25) is 0 Å². The van der Waals surface area contributed by atoms with E-state index in [4.69, 9.17) is 5.11 Å². The molecule has 10 heavy (non-hydrogen) atoms. The third kappa shape index (κ3) is 1.44. The molecule has 1 rings (SSSR count). The molecule has 0 heterocycles. The predicted octanol–water partition coefficient (Wildman–Crippen LogP) is 1.60. The Hall–Kier alpha value is -0.210. The van der Waals surface area contributed by atoms with Crippen LogP contribution in [0.1, 0.15) is 6.42 Å². The molecule has 0 saturated heterocycles. The number of aliphatic hydroxyl groups excluding tert-OH is 1. The standard InChI is InChI=1S/C8H12OS/c1-10-8(7-9)5-3-2-4-6-8/h2-5,9H,6-7H2,1H3. The molecule has 1 atom stereocenters. The first-order valence-corrected chi connectivity index (χ1v) is 4.56. The second kappa shape index (κ2) is 3.26. The van der Waals surface area contributed by atoms with Gasteiger partial charge in [-0.25, -0.2) is 0 Å². The van der Waals surface area contributed by atoms with Crippen LogP contribution in [0.2, 0.25) is 0 Å². The van der Waals surface area contributed by atoms with Crippen LogP contribution in [0.15, 0.2) is 24.3 Å². The van der Waals surface area contributed by atoms with Gasteiger partial charge in [-0.15, -0.1) is 0 Å². The molecule has 0 radical (unpaired) electrons. The van der Waals surface area contributed by atoms with Gasteiger partial charge >= 0.3 is 0 Å². The molecule has 0 spiro atoms. The van der Waals surface area contributed by atoms with E-state index in [0.717, 1.165) is 6.42 Å². The lowest BCUT2D eigenvalue weighted by molar-refractivity contribution is 0.269. The minimum absolute atomic E-state index is 0.0330. The highest BCUT2D eigenvalue weighted by Gasteiger charge is 2.24. The van der Waals surface area contributed by atoms with Crippen molar-refractivity contribution in [1.29, 1.82) is 0 Å². The van der Waals surface area contributed by atoms with Gasteiger partial charge < -0.3 is 5.11 Å². The summed E-state index contributed by atoms with van der Waals surface area (Å²) in [4.78, 5) is 0. The van der Waals surface area contributed by atoms with Crippen LogP contribution < -0.4 is 0 Å². The van der Waals surface area contributed by atoms with Gasteiger partial charge in [-0.1, -0.05) is 24.3 Å². The van der Waals surface area contributed by atoms with E-state index in [1.807, 2.05) is 18.4 Å². The van der Waals surface area contributed by atoms with Gasteiger partial charge in [0, 0.05) is 0 Å². The van der Waals surface area contributed by atoms with Crippen LogP contribution in [0, 0.1) is 0 Å². The lowest BCUT2D eigenvalue weighted by Crippen LogP contribution is -2.26. The summed E-state index contributed by atoms with van der Waals surface area (Å²) in [6, 6.07) is 0. The second-order valence-electron chi connectivity index (χ2n) is 2.42. The topological polar surface area (TPSA) is 20.2 Å². The summed E-state index contributed by atoms with van der Waals surface area (Å²) in [5, 5.41) is 9.04. The minimum atomic E-state index is -0.0330. The average Bonchev–Trinajstić information content (AvgIpc) is 2.06. The molecule has 0 aromatic rings. The van der Waals surface area contributed by atoms with Crippen molar-refractivity contribution in [2.45, 2.75) is 11.2 Å². The van der Waals surface area contributed by atoms with Gasteiger partial charge in [0.05, 0.1) is 11.4 Å². The summed E-state index contributed by atoms with van der Waals surface area (Å²) in [6.07, 6.45) is 11.1. The van der Waals surface area contributed by atoms with E-state index in [9.17, 15) is 0 Å². The molecule has 1 aliphatic rings. The first-order valence-electron chi connectivity index (χ1n) is 3.33. The largest absolute Gasteiger partial charge is 0.395 e. The van der Waals surface area contributed by atoms with E-state index in [1.54, 1.807) is 11.8 Å². The Morgan fingerprint density at radius 1 is 1.60 bits per heavy atom. The Balaban J connectivity index is 2.66. The maximum Gasteiger partial charge on any atom is 0.0616 e. The second-order valence-corrected chi connectivity index (χ2v) is 3.64. The lowest BCUT2D eigenvalue weighted by atomic mass is 10.0. The molecule has 56 valence electrons. The van der Waals surface area contributed by atoms with Gasteiger partial charge in [-0.2, -0.15) is 11.8 Å². The smallest absolute Gasteiger partial charge is 0.0616 e. The summed E-state index contributed by atoms with van der Waals surface area (Å²) in [5.74, 6) is 0. The Bertz CT molecular complexity index is 157. The molecule has 1 N–H and O–H groups in total. The highest BCUT2D eigenvalue weighted by atomic mass is 32.2. The van der Waals surface area contributed by atoms with Crippen LogP contribution >= 0.6 is 11.8 Å². The van der Waals surface area contributed by atoms with Crippen molar-refractivity contribution in [3.8, 4) is 0 Å². The minimum Gasteiger partial charge on any atom is -0.395 e. The van der Waals surface area contributed by atoms with Crippen molar-refractivity contribution in [3.05, 3.63) is 24.3 Å². The molecule has 0 aromatic heterocycles. The van der Waals surface area contributed by atoms with Crippen molar-refractivity contribution < 1.29 is 5.11 Å². The first kappa shape index (κ1) is 7.89. The maximum absolute atomic E-state index is 9.04. The van der Waals surface area contributed by atoms with Crippen LogP contribution in [0.25, 0.3) is 0 Å². The van der Waals surface area contributed by atoms with Gasteiger partial charge in [-0.05, 0) is 12.7 Å². The molecular formula is C8H12OS. The summed E-state index contributed by atoms with van der Waals surface area (Å²) >= 11 is 1.71. The zero-order valence-electron chi connectivity index (χ0n) is 6.08. The number of aliphatic hydroxyl groups is 1. The van der Waals surface area contributed by atoms with Crippen LogP contribution in [0.4, 0.5) is 0 Å². The fourth-order valence-electron chi connectivity index (χ4n) is 0.978. The van der Waals surface area contributed by atoms with E-state index in [1.165, 1.54) is 0 Å². The molecule has 0 amide bonds. The van der Waals surface area contributed by atoms with Gasteiger partial charge in [0.15, 0.2) is 0 Å². The van der Waals surface area contributed by atoms with Crippen LogP contribution in [-0.2, 0) is 0 Å². The first-order chi connectivity index (χ1) is 4.83. The Kier molecular flexibility index (Phi) is 2.57. The number of hydrogen-bond acceptors (Lipinski definition) is 2. The van der Waals surface area contributed by atoms with Crippen molar-refractivity contribution >= 4 is 11.8 Å². The summed E-state index contributed by atoms with van der Waals surface area (Å²) in [7, 11) is 0. The SMILES string of the molecule is CSC1(CO)C=CC=CC1. The molecular weight excluding hydrogens is 144 g/mol. The van der Waals surface area contributed by atoms with Crippen LogP contribution in [0.3, 0.4) is 0 Å². The van der Waals surface area contributed by atoms with Crippen molar-refractivity contribution in [1.82, 2.24) is 0 Å².